The molecule has 1 aliphatic rings. The molecular weight excluding hydrogens is 372 g/mol. The summed E-state index contributed by atoms with van der Waals surface area (Å²) in [5.41, 5.74) is 2.51. The van der Waals surface area contributed by atoms with Gasteiger partial charge in [-0.05, 0) is 34.5 Å². The van der Waals surface area contributed by atoms with E-state index in [4.69, 9.17) is 11.6 Å². The highest BCUT2D eigenvalue weighted by molar-refractivity contribution is 6.30. The van der Waals surface area contributed by atoms with Crippen LogP contribution in [0.3, 0.4) is 0 Å². The van der Waals surface area contributed by atoms with Crippen LogP contribution in [-0.4, -0.2) is 53.4 Å². The van der Waals surface area contributed by atoms with Gasteiger partial charge in [0.15, 0.2) is 6.04 Å². The molecule has 2 heterocycles. The summed E-state index contributed by atoms with van der Waals surface area (Å²) in [7, 11) is 2.26. The molecule has 0 radical (unpaired) electrons. The van der Waals surface area contributed by atoms with Gasteiger partial charge in [-0.25, -0.2) is 4.68 Å². The quantitative estimate of drug-likeness (QED) is 0.618. The molecule has 146 valence electrons. The van der Waals surface area contributed by atoms with Crippen LogP contribution < -0.4 is 9.80 Å². The third kappa shape index (κ3) is 4.41. The molecule has 7 heteroatoms. The SMILES string of the molecule is C[NH+]1CC[NH+]([C@H](c2ccc(Cl)cc2)c2nnnn2CCc2ccccc2)CC1. The zero-order valence-corrected chi connectivity index (χ0v) is 16.9. The second kappa shape index (κ2) is 8.82. The zero-order valence-electron chi connectivity index (χ0n) is 16.2. The summed E-state index contributed by atoms with van der Waals surface area (Å²) in [6.07, 6.45) is 0.911. The lowest BCUT2D eigenvalue weighted by molar-refractivity contribution is -1.02. The lowest BCUT2D eigenvalue weighted by Crippen LogP contribution is -3.27. The van der Waals surface area contributed by atoms with Gasteiger partial charge in [0.05, 0.1) is 7.05 Å². The van der Waals surface area contributed by atoms with Crippen molar-refractivity contribution in [2.75, 3.05) is 33.2 Å². The number of benzene rings is 2. The number of likely N-dealkylation sites (N-methyl/N-ethyl adjacent to an activating group) is 1. The van der Waals surface area contributed by atoms with Gasteiger partial charge >= 0.3 is 0 Å². The van der Waals surface area contributed by atoms with Crippen molar-refractivity contribution in [1.29, 1.82) is 0 Å². The summed E-state index contributed by atoms with van der Waals surface area (Å²) in [5.74, 6) is 0.938. The summed E-state index contributed by atoms with van der Waals surface area (Å²) in [5, 5.41) is 13.6. The van der Waals surface area contributed by atoms with Crippen LogP contribution in [0.2, 0.25) is 5.02 Å². The maximum absolute atomic E-state index is 6.14. The second-order valence-corrected chi connectivity index (χ2v) is 8.03. The van der Waals surface area contributed by atoms with Crippen LogP contribution in [0.15, 0.2) is 54.6 Å². The summed E-state index contributed by atoms with van der Waals surface area (Å²) < 4.78 is 1.98. The molecule has 1 atom stereocenters. The van der Waals surface area contributed by atoms with Gasteiger partial charge in [-0.15, -0.1) is 5.10 Å². The average molecular weight is 399 g/mol. The number of aromatic nitrogens is 4. The molecule has 1 aromatic heterocycles. The summed E-state index contributed by atoms with van der Waals surface area (Å²) in [6, 6.07) is 18.8. The summed E-state index contributed by atoms with van der Waals surface area (Å²) >= 11 is 6.14. The van der Waals surface area contributed by atoms with Crippen LogP contribution in [-0.2, 0) is 13.0 Å². The van der Waals surface area contributed by atoms with Gasteiger partial charge in [0, 0.05) is 17.1 Å². The Kier molecular flexibility index (Phi) is 6.00. The molecule has 0 unspecified atom stereocenters. The number of piperazine rings is 1. The number of nitrogens with zero attached hydrogens (tertiary/aromatic N) is 4. The third-order valence-electron chi connectivity index (χ3n) is 5.63. The Morgan fingerprint density at radius 2 is 1.71 bits per heavy atom. The van der Waals surface area contributed by atoms with Crippen LogP contribution >= 0.6 is 11.6 Å². The number of tetrazole rings is 1. The van der Waals surface area contributed by atoms with Crippen LogP contribution in [0, 0.1) is 0 Å². The van der Waals surface area contributed by atoms with Crippen molar-refractivity contribution in [2.24, 2.45) is 0 Å². The first-order valence-corrected chi connectivity index (χ1v) is 10.3. The monoisotopic (exact) mass is 398 g/mol. The Balaban J connectivity index is 1.61. The Morgan fingerprint density at radius 1 is 1.00 bits per heavy atom. The molecule has 4 rings (SSSR count). The first-order valence-electron chi connectivity index (χ1n) is 9.92. The van der Waals surface area contributed by atoms with Crippen LogP contribution in [0.4, 0.5) is 0 Å². The fourth-order valence-electron chi connectivity index (χ4n) is 3.97. The van der Waals surface area contributed by atoms with E-state index in [0.29, 0.717) is 0 Å². The highest BCUT2D eigenvalue weighted by atomic mass is 35.5. The largest absolute Gasteiger partial charge is 0.328 e. The molecule has 2 aromatic carbocycles. The molecule has 1 saturated heterocycles. The first-order chi connectivity index (χ1) is 13.7. The molecule has 0 amide bonds. The van der Waals surface area contributed by atoms with E-state index in [9.17, 15) is 0 Å². The van der Waals surface area contributed by atoms with Crippen molar-refractivity contribution >= 4 is 11.6 Å². The molecule has 0 aliphatic carbocycles. The smallest absolute Gasteiger partial charge is 0.214 e. The van der Waals surface area contributed by atoms with E-state index in [1.807, 2.05) is 22.9 Å². The number of nitrogens with one attached hydrogen (secondary N) is 2. The number of aryl methyl sites for hydroxylation is 2. The van der Waals surface area contributed by atoms with Gasteiger partial charge in [-0.2, -0.15) is 0 Å². The van der Waals surface area contributed by atoms with E-state index >= 15 is 0 Å². The highest BCUT2D eigenvalue weighted by Gasteiger charge is 2.34. The van der Waals surface area contributed by atoms with Crippen molar-refractivity contribution in [1.82, 2.24) is 20.2 Å². The molecule has 2 N–H and O–H groups in total. The van der Waals surface area contributed by atoms with Crippen LogP contribution in [0.5, 0.6) is 0 Å². The van der Waals surface area contributed by atoms with E-state index in [1.165, 1.54) is 16.0 Å². The summed E-state index contributed by atoms with van der Waals surface area (Å²) in [6.45, 7) is 5.29. The molecule has 0 saturated carbocycles. The molecule has 28 heavy (non-hydrogen) atoms. The minimum atomic E-state index is 0.121. The van der Waals surface area contributed by atoms with E-state index < -0.39 is 0 Å². The predicted molar refractivity (Wildman–Crippen MR) is 109 cm³/mol. The van der Waals surface area contributed by atoms with E-state index in [2.05, 4.69) is 59.0 Å². The van der Waals surface area contributed by atoms with Gasteiger partial charge in [0.1, 0.15) is 26.2 Å². The fraction of sp³-hybridized carbons (Fsp3) is 0.381. The standard InChI is InChI=1S/C21H25ClN6/c1-26-13-15-27(16-14-26)20(18-7-9-19(22)10-8-18)21-23-24-25-28(21)12-11-17-5-3-2-4-6-17/h2-10,20H,11-16H2,1H3/p+2/t20-/m1/s1. The minimum Gasteiger partial charge on any atom is -0.328 e. The average Bonchev–Trinajstić information content (AvgIpc) is 3.18. The highest BCUT2D eigenvalue weighted by Crippen LogP contribution is 2.20. The van der Waals surface area contributed by atoms with Crippen molar-refractivity contribution in [3.8, 4) is 0 Å². The van der Waals surface area contributed by atoms with Crippen molar-refractivity contribution in [3.63, 3.8) is 0 Å². The van der Waals surface area contributed by atoms with Gasteiger partial charge in [0.25, 0.3) is 0 Å². The molecule has 1 fully saturated rings. The van der Waals surface area contributed by atoms with Crippen LogP contribution in [0.25, 0.3) is 0 Å². The molecule has 6 nitrogen and oxygen atoms in total. The lowest BCUT2D eigenvalue weighted by atomic mass is 10.0. The lowest BCUT2D eigenvalue weighted by Gasteiger charge is -2.32. The fourth-order valence-corrected chi connectivity index (χ4v) is 4.09. The number of hydrogen-bond donors (Lipinski definition) is 2. The van der Waals surface area contributed by atoms with E-state index in [0.717, 1.165) is 50.0 Å². The number of hydrogen-bond acceptors (Lipinski definition) is 3. The molecule has 1 aliphatic heterocycles. The van der Waals surface area contributed by atoms with Gasteiger partial charge in [0.2, 0.25) is 5.82 Å². The van der Waals surface area contributed by atoms with Crippen molar-refractivity contribution < 1.29 is 9.80 Å². The maximum atomic E-state index is 6.14. The third-order valence-corrected chi connectivity index (χ3v) is 5.88. The van der Waals surface area contributed by atoms with Crippen molar-refractivity contribution in [2.45, 2.75) is 19.0 Å². The number of rotatable bonds is 6. The number of halogens is 1. The Hall–Kier alpha value is -2.28. The summed E-state index contributed by atoms with van der Waals surface area (Å²) in [4.78, 5) is 3.10. The van der Waals surface area contributed by atoms with E-state index in [1.54, 1.807) is 4.90 Å². The molecule has 3 aromatic rings. The minimum absolute atomic E-state index is 0.121. The molecule has 0 spiro atoms. The van der Waals surface area contributed by atoms with Gasteiger partial charge < -0.3 is 9.80 Å². The Labute approximate surface area is 170 Å². The van der Waals surface area contributed by atoms with Crippen LogP contribution in [0.1, 0.15) is 23.0 Å². The maximum Gasteiger partial charge on any atom is 0.214 e. The van der Waals surface area contributed by atoms with E-state index in [-0.39, 0.29) is 6.04 Å². The normalized spacial score (nSPS) is 20.8. The Bertz CT molecular complexity index is 871. The first kappa shape index (κ1) is 19.1. The Morgan fingerprint density at radius 3 is 2.43 bits per heavy atom. The van der Waals surface area contributed by atoms with Gasteiger partial charge in [-0.3, -0.25) is 0 Å². The zero-order chi connectivity index (χ0) is 19.3. The molecular formula is C21H27ClN6+2. The topological polar surface area (TPSA) is 52.5 Å². The number of quaternary nitrogens is 2. The van der Waals surface area contributed by atoms with Gasteiger partial charge in [-0.1, -0.05) is 54.1 Å². The predicted octanol–water partition coefficient (Wildman–Crippen LogP) is 0.0718. The van der Waals surface area contributed by atoms with Crippen molar-refractivity contribution in [3.05, 3.63) is 76.6 Å². The molecule has 0 bridgehead atoms. The second-order valence-electron chi connectivity index (χ2n) is 7.60.